The molecule has 0 fully saturated rings. The van der Waals surface area contributed by atoms with Crippen LogP contribution in [0, 0.1) is 12.8 Å². The summed E-state index contributed by atoms with van der Waals surface area (Å²) in [4.78, 5) is 8.35. The first kappa shape index (κ1) is 13.7. The maximum atomic E-state index is 5.19. The van der Waals surface area contributed by atoms with Gasteiger partial charge in [0, 0.05) is 6.04 Å². The third-order valence-corrected chi connectivity index (χ3v) is 3.35. The Bertz CT molecular complexity index is 351. The predicted molar refractivity (Wildman–Crippen MR) is 70.5 cm³/mol. The number of methoxy groups -OCH3 is 1. The third-order valence-electron chi connectivity index (χ3n) is 3.35. The van der Waals surface area contributed by atoms with Gasteiger partial charge in [0.2, 0.25) is 5.88 Å². The summed E-state index contributed by atoms with van der Waals surface area (Å²) in [5, 5.41) is 3.46. The molecule has 0 amide bonds. The van der Waals surface area contributed by atoms with Gasteiger partial charge in [-0.2, -0.15) is 0 Å². The zero-order valence-electron chi connectivity index (χ0n) is 11.4. The van der Waals surface area contributed by atoms with Gasteiger partial charge >= 0.3 is 0 Å². The van der Waals surface area contributed by atoms with E-state index in [9.17, 15) is 0 Å². The van der Waals surface area contributed by atoms with Crippen LogP contribution in [0.1, 0.15) is 39.2 Å². The first-order valence-corrected chi connectivity index (χ1v) is 6.26. The fourth-order valence-electron chi connectivity index (χ4n) is 2.11. The molecule has 1 N–H and O–H groups in total. The highest BCUT2D eigenvalue weighted by molar-refractivity contribution is 5.48. The summed E-state index contributed by atoms with van der Waals surface area (Å²) in [6.45, 7) is 8.62. The lowest BCUT2D eigenvalue weighted by atomic mass is 9.95. The number of rotatable bonds is 6. The van der Waals surface area contributed by atoms with E-state index in [0.717, 1.165) is 11.4 Å². The van der Waals surface area contributed by atoms with E-state index >= 15 is 0 Å². The molecule has 4 heteroatoms. The molecular weight excluding hydrogens is 214 g/mol. The molecule has 1 aromatic heterocycles. The molecule has 1 rings (SSSR count). The van der Waals surface area contributed by atoms with Gasteiger partial charge in [0.05, 0.1) is 12.7 Å². The van der Waals surface area contributed by atoms with Crippen LogP contribution in [0.15, 0.2) is 6.33 Å². The molecule has 0 bridgehead atoms. The molecule has 1 aromatic rings. The van der Waals surface area contributed by atoms with Gasteiger partial charge in [0.1, 0.15) is 12.1 Å². The standard InChI is InChI=1S/C13H23N3O/c1-6-11(7-2)10(4)16-12-9(3)13(17-5)15-8-14-12/h8,10-11H,6-7H2,1-5H3,(H,14,15,16). The number of nitrogens with one attached hydrogen (secondary N) is 1. The summed E-state index contributed by atoms with van der Waals surface area (Å²) in [5.74, 6) is 2.17. The largest absolute Gasteiger partial charge is 0.481 e. The zero-order chi connectivity index (χ0) is 12.8. The lowest BCUT2D eigenvalue weighted by Crippen LogP contribution is -2.26. The number of anilines is 1. The Morgan fingerprint density at radius 1 is 1.29 bits per heavy atom. The van der Waals surface area contributed by atoms with Crippen LogP contribution in [0.5, 0.6) is 5.88 Å². The van der Waals surface area contributed by atoms with Crippen LogP contribution in [-0.2, 0) is 0 Å². The van der Waals surface area contributed by atoms with Crippen LogP contribution in [0.3, 0.4) is 0 Å². The van der Waals surface area contributed by atoms with Crippen LogP contribution in [-0.4, -0.2) is 23.1 Å². The van der Waals surface area contributed by atoms with Crippen molar-refractivity contribution in [1.29, 1.82) is 0 Å². The Morgan fingerprint density at radius 2 is 1.94 bits per heavy atom. The SMILES string of the molecule is CCC(CC)C(C)Nc1ncnc(OC)c1C. The van der Waals surface area contributed by atoms with Gasteiger partial charge in [-0.3, -0.25) is 0 Å². The van der Waals surface area contributed by atoms with Gasteiger partial charge in [0.25, 0.3) is 0 Å². The van der Waals surface area contributed by atoms with E-state index in [0.29, 0.717) is 17.8 Å². The van der Waals surface area contributed by atoms with Crippen molar-refractivity contribution in [3.05, 3.63) is 11.9 Å². The molecule has 96 valence electrons. The van der Waals surface area contributed by atoms with Crippen molar-refractivity contribution in [2.45, 2.75) is 46.6 Å². The molecule has 0 saturated heterocycles. The zero-order valence-corrected chi connectivity index (χ0v) is 11.4. The summed E-state index contributed by atoms with van der Waals surface area (Å²) in [5.41, 5.74) is 0.966. The second-order valence-corrected chi connectivity index (χ2v) is 4.37. The van der Waals surface area contributed by atoms with Crippen molar-refractivity contribution >= 4 is 5.82 Å². The van der Waals surface area contributed by atoms with Crippen molar-refractivity contribution in [2.75, 3.05) is 12.4 Å². The van der Waals surface area contributed by atoms with Gasteiger partial charge in [-0.15, -0.1) is 0 Å². The summed E-state index contributed by atoms with van der Waals surface area (Å²) >= 11 is 0. The Balaban J connectivity index is 2.81. The van der Waals surface area contributed by atoms with Crippen molar-refractivity contribution in [2.24, 2.45) is 5.92 Å². The van der Waals surface area contributed by atoms with Crippen LogP contribution in [0.25, 0.3) is 0 Å². The number of nitrogens with zero attached hydrogens (tertiary/aromatic N) is 2. The van der Waals surface area contributed by atoms with E-state index in [2.05, 4.69) is 36.1 Å². The molecule has 1 heterocycles. The highest BCUT2D eigenvalue weighted by Crippen LogP contribution is 2.23. The summed E-state index contributed by atoms with van der Waals surface area (Å²) in [6.07, 6.45) is 3.88. The topological polar surface area (TPSA) is 47.0 Å². The molecule has 0 aromatic carbocycles. The lowest BCUT2D eigenvalue weighted by molar-refractivity contribution is 0.393. The van der Waals surface area contributed by atoms with Gasteiger partial charge in [-0.05, 0) is 19.8 Å². The van der Waals surface area contributed by atoms with Gasteiger partial charge in [0.15, 0.2) is 0 Å². The van der Waals surface area contributed by atoms with Crippen LogP contribution >= 0.6 is 0 Å². The molecular formula is C13H23N3O. The minimum Gasteiger partial charge on any atom is -0.481 e. The molecule has 0 spiro atoms. The van der Waals surface area contributed by atoms with Crippen LogP contribution in [0.4, 0.5) is 5.82 Å². The number of hydrogen-bond donors (Lipinski definition) is 1. The summed E-state index contributed by atoms with van der Waals surface area (Å²) < 4.78 is 5.19. The maximum absolute atomic E-state index is 5.19. The maximum Gasteiger partial charge on any atom is 0.221 e. The molecule has 0 aliphatic carbocycles. The van der Waals surface area contributed by atoms with Gasteiger partial charge in [-0.1, -0.05) is 26.7 Å². The van der Waals surface area contributed by atoms with E-state index in [1.54, 1.807) is 7.11 Å². The third kappa shape index (κ3) is 3.32. The molecule has 0 radical (unpaired) electrons. The van der Waals surface area contributed by atoms with Gasteiger partial charge in [-0.25, -0.2) is 9.97 Å². The van der Waals surface area contributed by atoms with Crippen molar-refractivity contribution in [1.82, 2.24) is 9.97 Å². The molecule has 4 nitrogen and oxygen atoms in total. The van der Waals surface area contributed by atoms with Crippen molar-refractivity contribution in [3.63, 3.8) is 0 Å². The Hall–Kier alpha value is -1.32. The highest BCUT2D eigenvalue weighted by Gasteiger charge is 2.15. The molecule has 1 unspecified atom stereocenters. The summed E-state index contributed by atoms with van der Waals surface area (Å²) in [6, 6.07) is 0.406. The van der Waals surface area contributed by atoms with E-state index < -0.39 is 0 Å². The Morgan fingerprint density at radius 3 is 2.47 bits per heavy atom. The van der Waals surface area contributed by atoms with Crippen molar-refractivity contribution in [3.8, 4) is 5.88 Å². The predicted octanol–water partition coefficient (Wildman–Crippen LogP) is 3.03. The quantitative estimate of drug-likeness (QED) is 0.826. The monoisotopic (exact) mass is 237 g/mol. The highest BCUT2D eigenvalue weighted by atomic mass is 16.5. The minimum atomic E-state index is 0.406. The van der Waals surface area contributed by atoms with E-state index in [-0.39, 0.29) is 0 Å². The van der Waals surface area contributed by atoms with Gasteiger partial charge < -0.3 is 10.1 Å². The smallest absolute Gasteiger partial charge is 0.221 e. The van der Waals surface area contributed by atoms with Crippen molar-refractivity contribution < 1.29 is 4.74 Å². The lowest BCUT2D eigenvalue weighted by Gasteiger charge is -2.23. The van der Waals surface area contributed by atoms with E-state index in [1.165, 1.54) is 19.2 Å². The second kappa shape index (κ2) is 6.42. The Kier molecular flexibility index (Phi) is 5.19. The first-order valence-electron chi connectivity index (χ1n) is 6.26. The second-order valence-electron chi connectivity index (χ2n) is 4.37. The number of ether oxygens (including phenoxy) is 1. The van der Waals surface area contributed by atoms with Crippen LogP contribution in [0.2, 0.25) is 0 Å². The Labute approximate surface area is 104 Å². The van der Waals surface area contributed by atoms with E-state index in [4.69, 9.17) is 4.74 Å². The minimum absolute atomic E-state index is 0.406. The molecule has 0 aliphatic rings. The fourth-order valence-corrected chi connectivity index (χ4v) is 2.11. The first-order chi connectivity index (χ1) is 8.13. The molecule has 1 atom stereocenters. The average Bonchev–Trinajstić information content (AvgIpc) is 2.33. The molecule has 17 heavy (non-hydrogen) atoms. The normalized spacial score (nSPS) is 12.6. The van der Waals surface area contributed by atoms with E-state index in [1.807, 2.05) is 6.92 Å². The number of aromatic nitrogens is 2. The molecule has 0 saturated carbocycles. The summed E-state index contributed by atoms with van der Waals surface area (Å²) in [7, 11) is 1.63. The molecule has 0 aliphatic heterocycles. The fraction of sp³-hybridized carbons (Fsp3) is 0.692. The number of hydrogen-bond acceptors (Lipinski definition) is 4. The van der Waals surface area contributed by atoms with Crippen LogP contribution < -0.4 is 10.1 Å². The average molecular weight is 237 g/mol.